The van der Waals surface area contributed by atoms with Crippen LogP contribution in [0.15, 0.2) is 47.5 Å². The molecule has 0 saturated heterocycles. The predicted molar refractivity (Wildman–Crippen MR) is 144 cm³/mol. The fourth-order valence-corrected chi connectivity index (χ4v) is 3.75. The van der Waals surface area contributed by atoms with Gasteiger partial charge in [0.2, 0.25) is 0 Å². The lowest BCUT2D eigenvalue weighted by molar-refractivity contribution is 0.215. The average Bonchev–Trinajstić information content (AvgIpc) is 2.71. The van der Waals surface area contributed by atoms with E-state index >= 15 is 0 Å². The minimum absolute atomic E-state index is 0. The SMILES string of the molecule is CCNC(=NCc1ccc(CS(C)(=O)=O)cc1)NCc1ccc(C)cc1OC(C)CC.I. The molecule has 2 rings (SSSR count). The molecule has 2 aromatic rings. The molecule has 0 fully saturated rings. The smallest absolute Gasteiger partial charge is 0.191 e. The van der Waals surface area contributed by atoms with Crippen molar-refractivity contribution in [2.24, 2.45) is 4.99 Å². The number of nitrogens with one attached hydrogen (secondary N) is 2. The molecule has 2 aromatic carbocycles. The summed E-state index contributed by atoms with van der Waals surface area (Å²) in [4.78, 5) is 4.66. The predicted octanol–water partition coefficient (Wildman–Crippen LogP) is 4.59. The van der Waals surface area contributed by atoms with E-state index in [1.54, 1.807) is 0 Å². The Labute approximate surface area is 210 Å². The van der Waals surface area contributed by atoms with E-state index in [9.17, 15) is 8.42 Å². The molecule has 0 saturated carbocycles. The monoisotopic (exact) mass is 573 g/mol. The van der Waals surface area contributed by atoms with Gasteiger partial charge in [-0.15, -0.1) is 24.0 Å². The number of aryl methyl sites for hydroxylation is 1. The van der Waals surface area contributed by atoms with Crippen LogP contribution in [0.5, 0.6) is 5.75 Å². The second-order valence-electron chi connectivity index (χ2n) is 7.88. The summed E-state index contributed by atoms with van der Waals surface area (Å²) < 4.78 is 29.0. The molecule has 6 nitrogen and oxygen atoms in total. The van der Waals surface area contributed by atoms with E-state index in [0.29, 0.717) is 13.1 Å². The quantitative estimate of drug-likeness (QED) is 0.247. The first-order valence-electron chi connectivity index (χ1n) is 10.7. The van der Waals surface area contributed by atoms with Gasteiger partial charge < -0.3 is 15.4 Å². The zero-order valence-corrected chi connectivity index (χ0v) is 22.8. The maximum absolute atomic E-state index is 11.4. The van der Waals surface area contributed by atoms with Crippen molar-refractivity contribution in [3.8, 4) is 5.75 Å². The lowest BCUT2D eigenvalue weighted by Crippen LogP contribution is -2.37. The zero-order valence-electron chi connectivity index (χ0n) is 19.6. The van der Waals surface area contributed by atoms with E-state index < -0.39 is 9.84 Å². The topological polar surface area (TPSA) is 79.8 Å². The first kappa shape index (κ1) is 28.2. The van der Waals surface area contributed by atoms with Crippen molar-refractivity contribution in [2.75, 3.05) is 12.8 Å². The highest BCUT2D eigenvalue weighted by Gasteiger charge is 2.09. The number of guanidine groups is 1. The van der Waals surface area contributed by atoms with Crippen LogP contribution < -0.4 is 15.4 Å². The second kappa shape index (κ2) is 13.7. The van der Waals surface area contributed by atoms with Gasteiger partial charge in [0.05, 0.1) is 18.4 Å². The van der Waals surface area contributed by atoms with E-state index in [2.05, 4.69) is 54.6 Å². The van der Waals surface area contributed by atoms with Gasteiger partial charge in [-0.05, 0) is 49.9 Å². The summed E-state index contributed by atoms with van der Waals surface area (Å²) in [5.74, 6) is 1.68. The van der Waals surface area contributed by atoms with Gasteiger partial charge in [-0.3, -0.25) is 0 Å². The van der Waals surface area contributed by atoms with Crippen LogP contribution in [0.2, 0.25) is 0 Å². The number of benzene rings is 2. The molecule has 2 N–H and O–H groups in total. The third-order valence-electron chi connectivity index (χ3n) is 4.79. The van der Waals surface area contributed by atoms with Crippen LogP contribution in [0.25, 0.3) is 0 Å². The second-order valence-corrected chi connectivity index (χ2v) is 10.0. The fourth-order valence-electron chi connectivity index (χ4n) is 2.95. The highest BCUT2D eigenvalue weighted by Crippen LogP contribution is 2.22. The minimum Gasteiger partial charge on any atom is -0.490 e. The van der Waals surface area contributed by atoms with Gasteiger partial charge >= 0.3 is 0 Å². The van der Waals surface area contributed by atoms with Crippen molar-refractivity contribution < 1.29 is 13.2 Å². The minimum atomic E-state index is -3.03. The Morgan fingerprint density at radius 3 is 2.31 bits per heavy atom. The summed E-state index contributed by atoms with van der Waals surface area (Å²) in [7, 11) is -3.03. The van der Waals surface area contributed by atoms with Crippen molar-refractivity contribution >= 4 is 39.8 Å². The van der Waals surface area contributed by atoms with E-state index in [0.717, 1.165) is 41.4 Å². The maximum atomic E-state index is 11.4. The molecule has 0 spiro atoms. The Hall–Kier alpha value is -1.81. The van der Waals surface area contributed by atoms with Crippen LogP contribution in [0.1, 0.15) is 49.4 Å². The average molecular weight is 574 g/mol. The van der Waals surface area contributed by atoms with E-state index in [1.165, 1.54) is 11.8 Å². The number of halogens is 1. The van der Waals surface area contributed by atoms with Crippen molar-refractivity contribution in [1.29, 1.82) is 0 Å². The van der Waals surface area contributed by atoms with Gasteiger partial charge in [0.25, 0.3) is 0 Å². The van der Waals surface area contributed by atoms with Gasteiger partial charge in [-0.1, -0.05) is 43.3 Å². The standard InChI is InChI=1S/C24H35N3O3S.HI/c1-6-19(4)30-23-14-18(3)8-13-22(23)16-27-24(25-7-2)26-15-20-9-11-21(12-10-20)17-31(5,28)29;/h8-14,19H,6-7,15-17H2,1-5H3,(H2,25,26,27);1H. The molecule has 8 heteroatoms. The van der Waals surface area contributed by atoms with Gasteiger partial charge in [-0.25, -0.2) is 13.4 Å². The molecule has 0 heterocycles. The van der Waals surface area contributed by atoms with Crippen LogP contribution in [0.4, 0.5) is 0 Å². The van der Waals surface area contributed by atoms with E-state index in [4.69, 9.17) is 4.74 Å². The molecule has 0 radical (unpaired) electrons. The number of hydrogen-bond donors (Lipinski definition) is 2. The Bertz CT molecular complexity index is 976. The van der Waals surface area contributed by atoms with Crippen LogP contribution in [0, 0.1) is 6.92 Å². The molecule has 1 unspecified atom stereocenters. The molecule has 0 aliphatic rings. The highest BCUT2D eigenvalue weighted by molar-refractivity contribution is 14.0. The molecule has 0 aliphatic carbocycles. The fraction of sp³-hybridized carbons (Fsp3) is 0.458. The van der Waals surface area contributed by atoms with Gasteiger partial charge in [0, 0.05) is 24.9 Å². The van der Waals surface area contributed by atoms with Crippen molar-refractivity contribution in [2.45, 2.75) is 59.1 Å². The Balaban J connectivity index is 0.00000512. The number of sulfone groups is 1. The number of aliphatic imine (C=N–C) groups is 1. The molecule has 0 aliphatic heterocycles. The number of rotatable bonds is 10. The molecule has 178 valence electrons. The van der Waals surface area contributed by atoms with Gasteiger partial charge in [0.15, 0.2) is 15.8 Å². The largest absolute Gasteiger partial charge is 0.490 e. The number of nitrogens with zero attached hydrogens (tertiary/aromatic N) is 1. The zero-order chi connectivity index (χ0) is 22.9. The Morgan fingerprint density at radius 2 is 1.72 bits per heavy atom. The van der Waals surface area contributed by atoms with Crippen molar-refractivity contribution in [1.82, 2.24) is 10.6 Å². The van der Waals surface area contributed by atoms with E-state index in [-0.39, 0.29) is 35.8 Å². The number of hydrogen-bond acceptors (Lipinski definition) is 4. The highest BCUT2D eigenvalue weighted by atomic mass is 127. The first-order valence-corrected chi connectivity index (χ1v) is 12.8. The maximum Gasteiger partial charge on any atom is 0.191 e. The molecule has 1 atom stereocenters. The summed E-state index contributed by atoms with van der Waals surface area (Å²) >= 11 is 0. The van der Waals surface area contributed by atoms with Gasteiger partial charge in [-0.2, -0.15) is 0 Å². The Kier molecular flexibility index (Phi) is 12.1. The van der Waals surface area contributed by atoms with Crippen molar-refractivity contribution in [3.05, 3.63) is 64.7 Å². The van der Waals surface area contributed by atoms with Gasteiger partial charge in [0.1, 0.15) is 5.75 Å². The third kappa shape index (κ3) is 10.2. The Morgan fingerprint density at radius 1 is 1.06 bits per heavy atom. The van der Waals surface area contributed by atoms with Crippen LogP contribution in [0.3, 0.4) is 0 Å². The summed E-state index contributed by atoms with van der Waals surface area (Å²) in [6.07, 6.45) is 2.36. The lowest BCUT2D eigenvalue weighted by Gasteiger charge is -2.18. The van der Waals surface area contributed by atoms with Crippen molar-refractivity contribution in [3.63, 3.8) is 0 Å². The van der Waals surface area contributed by atoms with E-state index in [1.807, 2.05) is 31.2 Å². The van der Waals surface area contributed by atoms with Crippen LogP contribution in [-0.4, -0.2) is 33.3 Å². The summed E-state index contributed by atoms with van der Waals surface area (Å²) in [6.45, 7) is 10.1. The normalized spacial score (nSPS) is 12.6. The summed E-state index contributed by atoms with van der Waals surface area (Å²) in [6, 6.07) is 13.8. The first-order chi connectivity index (χ1) is 14.7. The molecule has 0 bridgehead atoms. The number of ether oxygens (including phenoxy) is 1. The molecule has 0 aromatic heterocycles. The summed E-state index contributed by atoms with van der Waals surface area (Å²) in [5, 5.41) is 6.65. The van der Waals surface area contributed by atoms with Crippen LogP contribution >= 0.6 is 24.0 Å². The molecule has 0 amide bonds. The molecular formula is C24H36IN3O3S. The third-order valence-corrected chi connectivity index (χ3v) is 5.65. The molecule has 32 heavy (non-hydrogen) atoms. The van der Waals surface area contributed by atoms with Crippen LogP contribution in [-0.2, 0) is 28.7 Å². The molecular weight excluding hydrogens is 537 g/mol. The summed E-state index contributed by atoms with van der Waals surface area (Å²) in [5.41, 5.74) is 4.06. The lowest BCUT2D eigenvalue weighted by atomic mass is 10.1.